The average molecular weight is 257 g/mol. The molecule has 1 aliphatic carbocycles. The number of aliphatic hydroxyl groups excluding tert-OH is 2. The van der Waals surface area contributed by atoms with Crippen molar-refractivity contribution in [3.8, 4) is 5.75 Å². The highest BCUT2D eigenvalue weighted by Crippen LogP contribution is 2.30. The van der Waals surface area contributed by atoms with Crippen LogP contribution >= 0.6 is 11.6 Å². The summed E-state index contributed by atoms with van der Waals surface area (Å²) in [5.41, 5.74) is 0.590. The first-order valence-corrected chi connectivity index (χ1v) is 6.33. The largest absolute Gasteiger partial charge is 0.487 e. The molecule has 0 aromatic heterocycles. The van der Waals surface area contributed by atoms with Crippen molar-refractivity contribution in [2.45, 2.75) is 44.5 Å². The lowest BCUT2D eigenvalue weighted by molar-refractivity contribution is 0.00587. The van der Waals surface area contributed by atoms with E-state index in [-0.39, 0.29) is 12.7 Å². The van der Waals surface area contributed by atoms with E-state index in [1.807, 2.05) is 0 Å². The van der Waals surface area contributed by atoms with Crippen molar-refractivity contribution < 1.29 is 14.9 Å². The molecule has 1 aromatic carbocycles. The molecule has 0 saturated heterocycles. The van der Waals surface area contributed by atoms with E-state index in [0.717, 1.165) is 25.7 Å². The summed E-state index contributed by atoms with van der Waals surface area (Å²) in [7, 11) is 0. The Morgan fingerprint density at radius 3 is 2.76 bits per heavy atom. The van der Waals surface area contributed by atoms with Crippen LogP contribution in [0, 0.1) is 0 Å². The molecular weight excluding hydrogens is 240 g/mol. The highest BCUT2D eigenvalue weighted by atomic mass is 35.5. The summed E-state index contributed by atoms with van der Waals surface area (Å²) in [4.78, 5) is 0. The fraction of sp³-hybridized carbons (Fsp3) is 0.538. The molecule has 2 unspecified atom stereocenters. The van der Waals surface area contributed by atoms with Crippen LogP contribution in [0.2, 0.25) is 5.02 Å². The summed E-state index contributed by atoms with van der Waals surface area (Å²) in [5.74, 6) is 0.575. The number of rotatable bonds is 3. The third-order valence-electron chi connectivity index (χ3n) is 3.18. The predicted molar refractivity (Wildman–Crippen MR) is 66.3 cm³/mol. The second-order valence-electron chi connectivity index (χ2n) is 4.38. The van der Waals surface area contributed by atoms with Gasteiger partial charge in [-0.3, -0.25) is 0 Å². The zero-order valence-corrected chi connectivity index (χ0v) is 10.4. The lowest BCUT2D eigenvalue weighted by Gasteiger charge is -2.29. The van der Waals surface area contributed by atoms with E-state index in [9.17, 15) is 10.2 Å². The first-order valence-electron chi connectivity index (χ1n) is 5.95. The fourth-order valence-electron chi connectivity index (χ4n) is 2.18. The van der Waals surface area contributed by atoms with E-state index >= 15 is 0 Å². The van der Waals surface area contributed by atoms with Gasteiger partial charge < -0.3 is 14.9 Å². The number of halogens is 1. The lowest BCUT2D eigenvalue weighted by Crippen LogP contribution is -2.34. The third-order valence-corrected chi connectivity index (χ3v) is 3.53. The van der Waals surface area contributed by atoms with Crippen LogP contribution in [0.4, 0.5) is 0 Å². The van der Waals surface area contributed by atoms with Gasteiger partial charge in [0.15, 0.2) is 0 Å². The molecule has 0 spiro atoms. The van der Waals surface area contributed by atoms with E-state index in [1.54, 1.807) is 18.2 Å². The summed E-state index contributed by atoms with van der Waals surface area (Å²) < 4.78 is 5.78. The Kier molecular flexibility index (Phi) is 4.26. The van der Waals surface area contributed by atoms with Gasteiger partial charge in [-0.25, -0.2) is 0 Å². The maximum Gasteiger partial charge on any atom is 0.126 e. The van der Waals surface area contributed by atoms with Crippen LogP contribution in [0.15, 0.2) is 18.2 Å². The average Bonchev–Trinajstić information content (AvgIpc) is 2.32. The fourth-order valence-corrected chi connectivity index (χ4v) is 2.41. The van der Waals surface area contributed by atoms with E-state index < -0.39 is 6.10 Å². The molecule has 1 fully saturated rings. The maximum atomic E-state index is 9.84. The molecule has 4 heteroatoms. The van der Waals surface area contributed by atoms with E-state index in [2.05, 4.69) is 0 Å². The summed E-state index contributed by atoms with van der Waals surface area (Å²) in [5, 5.41) is 19.6. The highest BCUT2D eigenvalue weighted by molar-refractivity contribution is 6.31. The number of aliphatic hydroxyl groups is 2. The van der Waals surface area contributed by atoms with E-state index in [0.29, 0.717) is 16.3 Å². The summed E-state index contributed by atoms with van der Waals surface area (Å²) >= 11 is 5.98. The lowest BCUT2D eigenvalue weighted by atomic mass is 9.95. The standard InChI is InChI=1S/C13H17ClO3/c14-10-4-3-7-12(9(10)8-15)17-13-6-2-1-5-11(13)16/h3-4,7,11,13,15-16H,1-2,5-6,8H2. The zero-order chi connectivity index (χ0) is 12.3. The number of hydrogen-bond donors (Lipinski definition) is 2. The van der Waals surface area contributed by atoms with Crippen molar-refractivity contribution in [1.82, 2.24) is 0 Å². The van der Waals surface area contributed by atoms with Gasteiger partial charge in [0.2, 0.25) is 0 Å². The first-order chi connectivity index (χ1) is 8.22. The normalized spacial score (nSPS) is 24.6. The Hall–Kier alpha value is -0.770. The van der Waals surface area contributed by atoms with Crippen LogP contribution in [0.5, 0.6) is 5.75 Å². The van der Waals surface area contributed by atoms with Gasteiger partial charge in [0.1, 0.15) is 11.9 Å². The van der Waals surface area contributed by atoms with Crippen molar-refractivity contribution in [3.63, 3.8) is 0 Å². The van der Waals surface area contributed by atoms with Crippen LogP contribution in [-0.2, 0) is 6.61 Å². The Balaban J connectivity index is 2.14. The molecule has 17 heavy (non-hydrogen) atoms. The molecule has 1 aliphatic rings. The topological polar surface area (TPSA) is 49.7 Å². The van der Waals surface area contributed by atoms with Gasteiger partial charge in [0, 0.05) is 10.6 Å². The molecule has 0 bridgehead atoms. The van der Waals surface area contributed by atoms with Crippen LogP contribution in [0.3, 0.4) is 0 Å². The van der Waals surface area contributed by atoms with Crippen molar-refractivity contribution in [2.24, 2.45) is 0 Å². The quantitative estimate of drug-likeness (QED) is 0.874. The van der Waals surface area contributed by atoms with Gasteiger partial charge in [0.25, 0.3) is 0 Å². The summed E-state index contributed by atoms with van der Waals surface area (Å²) in [6.45, 7) is -0.155. The maximum absolute atomic E-state index is 9.84. The molecule has 3 nitrogen and oxygen atoms in total. The van der Waals surface area contributed by atoms with Gasteiger partial charge in [0.05, 0.1) is 12.7 Å². The minimum absolute atomic E-state index is 0.155. The van der Waals surface area contributed by atoms with Crippen molar-refractivity contribution in [2.75, 3.05) is 0 Å². The van der Waals surface area contributed by atoms with Crippen LogP contribution in [-0.4, -0.2) is 22.4 Å². The molecule has 2 atom stereocenters. The van der Waals surface area contributed by atoms with Crippen LogP contribution < -0.4 is 4.74 Å². The van der Waals surface area contributed by atoms with Crippen molar-refractivity contribution >= 4 is 11.6 Å². The minimum Gasteiger partial charge on any atom is -0.487 e. The zero-order valence-electron chi connectivity index (χ0n) is 9.60. The molecule has 1 saturated carbocycles. The van der Waals surface area contributed by atoms with Crippen molar-refractivity contribution in [1.29, 1.82) is 0 Å². The molecule has 0 radical (unpaired) electrons. The van der Waals surface area contributed by atoms with Gasteiger partial charge >= 0.3 is 0 Å². The molecule has 0 heterocycles. The van der Waals surface area contributed by atoms with Gasteiger partial charge in [-0.1, -0.05) is 24.1 Å². The van der Waals surface area contributed by atoms with E-state index in [1.165, 1.54) is 0 Å². The third kappa shape index (κ3) is 2.92. The van der Waals surface area contributed by atoms with Gasteiger partial charge in [-0.2, -0.15) is 0 Å². The van der Waals surface area contributed by atoms with Gasteiger partial charge in [-0.05, 0) is 31.4 Å². The molecule has 2 N–H and O–H groups in total. The monoisotopic (exact) mass is 256 g/mol. The van der Waals surface area contributed by atoms with Crippen molar-refractivity contribution in [3.05, 3.63) is 28.8 Å². The number of ether oxygens (including phenoxy) is 1. The summed E-state index contributed by atoms with van der Waals surface area (Å²) in [6, 6.07) is 5.28. The molecule has 0 aliphatic heterocycles. The Morgan fingerprint density at radius 1 is 1.29 bits per heavy atom. The molecule has 94 valence electrons. The predicted octanol–water partition coefficient (Wildman–Crippen LogP) is 2.51. The minimum atomic E-state index is -0.422. The molecule has 2 rings (SSSR count). The Bertz CT molecular complexity index is 381. The second kappa shape index (κ2) is 5.71. The number of benzene rings is 1. The molecule has 1 aromatic rings. The SMILES string of the molecule is OCc1c(Cl)cccc1OC1CCCCC1O. The molecular formula is C13H17ClO3. The Labute approximate surface area is 106 Å². The Morgan fingerprint density at radius 2 is 2.06 bits per heavy atom. The van der Waals surface area contributed by atoms with Crippen LogP contribution in [0.1, 0.15) is 31.2 Å². The van der Waals surface area contributed by atoms with Crippen LogP contribution in [0.25, 0.3) is 0 Å². The first kappa shape index (κ1) is 12.7. The summed E-state index contributed by atoms with van der Waals surface area (Å²) in [6.07, 6.45) is 3.13. The van der Waals surface area contributed by atoms with E-state index in [4.69, 9.17) is 16.3 Å². The number of hydrogen-bond acceptors (Lipinski definition) is 3. The highest BCUT2D eigenvalue weighted by Gasteiger charge is 2.25. The second-order valence-corrected chi connectivity index (χ2v) is 4.79. The smallest absolute Gasteiger partial charge is 0.126 e. The molecule has 0 amide bonds. The van der Waals surface area contributed by atoms with Gasteiger partial charge in [-0.15, -0.1) is 0 Å².